The van der Waals surface area contributed by atoms with Gasteiger partial charge in [-0.05, 0) is 40.5 Å². The Morgan fingerprint density at radius 1 is 0.662 bits per heavy atom. The molecule has 0 bridgehead atoms. The van der Waals surface area contributed by atoms with Crippen molar-refractivity contribution >= 4 is 24.1 Å². The molecule has 5 unspecified atom stereocenters. The number of rotatable bonds is 33. The van der Waals surface area contributed by atoms with Crippen LogP contribution < -0.4 is 21.4 Å². The Kier molecular flexibility index (Phi) is 27.6. The molecule has 0 aliphatic rings. The molecule has 0 radical (unpaired) electrons. The van der Waals surface area contributed by atoms with E-state index in [0.717, 1.165) is 22.4 Å². The molecule has 0 saturated heterocycles. The summed E-state index contributed by atoms with van der Waals surface area (Å²) in [5, 5.41) is 10.9. The molecule has 0 aliphatic heterocycles. The number of aromatic nitrogens is 1. The zero-order valence-electron chi connectivity index (χ0n) is 43.5. The van der Waals surface area contributed by atoms with Crippen LogP contribution in [0.4, 0.5) is 9.59 Å². The first-order valence-electron chi connectivity index (χ1n) is 24.1. The molecule has 3 amide bonds. The predicted molar refractivity (Wildman–Crippen MR) is 268 cm³/mol. The van der Waals surface area contributed by atoms with Crippen molar-refractivity contribution in [3.63, 3.8) is 0 Å². The van der Waals surface area contributed by atoms with Gasteiger partial charge in [0.2, 0.25) is 0 Å². The lowest BCUT2D eigenvalue weighted by molar-refractivity contribution is -0.153. The van der Waals surface area contributed by atoms with Crippen LogP contribution in [0, 0.1) is 10.8 Å². The molecule has 2 aromatic carbocycles. The highest BCUT2D eigenvalue weighted by molar-refractivity contribution is 5.86. The van der Waals surface area contributed by atoms with Gasteiger partial charge in [0, 0.05) is 38.9 Å². The van der Waals surface area contributed by atoms with E-state index in [0.29, 0.717) is 59.3 Å². The molecular formula is C52H80N6O13. The zero-order valence-corrected chi connectivity index (χ0v) is 43.5. The van der Waals surface area contributed by atoms with E-state index in [1.807, 2.05) is 114 Å². The molecule has 19 nitrogen and oxygen atoms in total. The highest BCUT2D eigenvalue weighted by Crippen LogP contribution is 2.25. The average Bonchev–Trinajstić information content (AvgIpc) is 3.34. The van der Waals surface area contributed by atoms with Crippen molar-refractivity contribution in [2.75, 3.05) is 93.9 Å². The van der Waals surface area contributed by atoms with Crippen molar-refractivity contribution < 1.29 is 61.8 Å². The summed E-state index contributed by atoms with van der Waals surface area (Å²) >= 11 is 0. The maximum absolute atomic E-state index is 14.3. The van der Waals surface area contributed by atoms with Crippen molar-refractivity contribution in [3.8, 4) is 11.3 Å². The van der Waals surface area contributed by atoms with Crippen LogP contribution in [-0.2, 0) is 65.2 Å². The van der Waals surface area contributed by atoms with Gasteiger partial charge in [0.1, 0.15) is 25.0 Å². The summed E-state index contributed by atoms with van der Waals surface area (Å²) in [6.45, 7) is 16.9. The molecule has 1 aromatic heterocycles. The van der Waals surface area contributed by atoms with Crippen LogP contribution in [0.2, 0.25) is 0 Å². The van der Waals surface area contributed by atoms with Gasteiger partial charge in [0.05, 0.1) is 90.9 Å². The van der Waals surface area contributed by atoms with Crippen molar-refractivity contribution in [1.29, 1.82) is 0 Å². The monoisotopic (exact) mass is 997 g/mol. The Hall–Kier alpha value is -5.25. The van der Waals surface area contributed by atoms with Crippen LogP contribution in [0.25, 0.3) is 11.3 Å². The zero-order chi connectivity index (χ0) is 52.1. The van der Waals surface area contributed by atoms with Gasteiger partial charge in [-0.2, -0.15) is 0 Å². The minimum Gasteiger partial charge on any atom is -0.459 e. The van der Waals surface area contributed by atoms with Crippen molar-refractivity contribution in [1.82, 2.24) is 31.4 Å². The van der Waals surface area contributed by atoms with E-state index in [1.54, 1.807) is 25.2 Å². The van der Waals surface area contributed by atoms with Gasteiger partial charge in [0.25, 0.3) is 5.91 Å². The molecule has 0 fully saturated rings. The van der Waals surface area contributed by atoms with Gasteiger partial charge < -0.3 is 53.3 Å². The molecular weight excluding hydrogens is 917 g/mol. The Balaban J connectivity index is 1.85. The third-order valence-corrected chi connectivity index (χ3v) is 11.0. The van der Waals surface area contributed by atoms with E-state index in [1.165, 1.54) is 14.2 Å². The smallest absolute Gasteiger partial charge is 0.407 e. The van der Waals surface area contributed by atoms with Gasteiger partial charge in [-0.1, -0.05) is 109 Å². The SMILES string of the molecule is CCC(=O)OC(CN(Cc1ccc(-c2ccccn2)cc1)NC(=O)C(NC(=O)OC)C(C)(C)C)C(Cc1ccccc1)NC(OC)C(NC(=O)OCCOCCOCCOCCOCCOC)C(C)(C)C. The number of alkyl carbamates (subject to hydrolysis) is 2. The molecule has 4 N–H and O–H groups in total. The number of hydrogen-bond donors (Lipinski definition) is 4. The largest absolute Gasteiger partial charge is 0.459 e. The number of nitrogens with zero attached hydrogens (tertiary/aromatic N) is 2. The van der Waals surface area contributed by atoms with Crippen LogP contribution in [0.1, 0.15) is 66.0 Å². The second-order valence-electron chi connectivity index (χ2n) is 18.8. The maximum atomic E-state index is 14.3. The fourth-order valence-electron chi connectivity index (χ4n) is 7.16. The number of esters is 1. The average molecular weight is 997 g/mol. The molecule has 0 spiro atoms. The number of ether oxygens (including phenoxy) is 9. The number of amides is 3. The summed E-state index contributed by atoms with van der Waals surface area (Å²) in [4.78, 5) is 58.1. The van der Waals surface area contributed by atoms with Crippen LogP contribution >= 0.6 is 0 Å². The summed E-state index contributed by atoms with van der Waals surface area (Å²) in [5.41, 5.74) is 5.17. The molecule has 0 saturated carbocycles. The fraction of sp³-hybridized carbons (Fsp3) is 0.596. The quantitative estimate of drug-likeness (QED) is 0.0189. The first kappa shape index (κ1) is 60.1. The molecule has 0 aliphatic carbocycles. The van der Waals surface area contributed by atoms with Crippen LogP contribution in [-0.4, -0.2) is 158 Å². The molecule has 5 atom stereocenters. The number of hydrazine groups is 1. The minimum atomic E-state index is -1.02. The van der Waals surface area contributed by atoms with Gasteiger partial charge in [-0.25, -0.2) is 14.6 Å². The number of methoxy groups -OCH3 is 3. The summed E-state index contributed by atoms with van der Waals surface area (Å²) in [6.07, 6.45) is -1.07. The first-order chi connectivity index (χ1) is 34.0. The van der Waals surface area contributed by atoms with E-state index in [4.69, 9.17) is 42.6 Å². The Morgan fingerprint density at radius 2 is 1.25 bits per heavy atom. The third-order valence-electron chi connectivity index (χ3n) is 11.0. The highest BCUT2D eigenvalue weighted by atomic mass is 16.6. The minimum absolute atomic E-state index is 0.00965. The number of carbonyl (C=O) groups excluding carboxylic acids is 4. The number of carbonyl (C=O) groups is 4. The van der Waals surface area contributed by atoms with Crippen molar-refractivity contribution in [3.05, 3.63) is 90.1 Å². The molecule has 3 rings (SSSR count). The topological polar surface area (TPSA) is 216 Å². The lowest BCUT2D eigenvalue weighted by Gasteiger charge is -2.41. The standard InChI is InChI=1S/C52H80N6O13/c1-11-44(59)71-43(37-58(57-47(60)45(51(2,3)4)55-49(61)65-10)36-39-20-22-40(23-21-39)41-19-15-16-24-53-41)42(35-38-17-13-12-14-18-38)54-48(64-9)46(52(5,6)7)56-50(62)70-34-33-69-32-31-68-30-29-67-28-27-66-26-25-63-8/h12-24,42-43,45-46,48,54H,11,25-37H2,1-10H3,(H,55,61)(H,56,62)(H,57,60). The van der Waals surface area contributed by atoms with E-state index in [-0.39, 0.29) is 32.7 Å². The molecule has 71 heavy (non-hydrogen) atoms. The van der Waals surface area contributed by atoms with Crippen LogP contribution in [0.3, 0.4) is 0 Å². The summed E-state index contributed by atoms with van der Waals surface area (Å²) < 4.78 is 49.8. The second kappa shape index (κ2) is 32.7. The van der Waals surface area contributed by atoms with Gasteiger partial charge in [0.15, 0.2) is 0 Å². The van der Waals surface area contributed by atoms with Crippen molar-refractivity contribution in [2.45, 2.75) is 98.3 Å². The van der Waals surface area contributed by atoms with Crippen LogP contribution in [0.15, 0.2) is 79.0 Å². The van der Waals surface area contributed by atoms with Crippen LogP contribution in [0.5, 0.6) is 0 Å². The summed E-state index contributed by atoms with van der Waals surface area (Å²) in [5.74, 6) is -0.982. The summed E-state index contributed by atoms with van der Waals surface area (Å²) in [6, 6.07) is 20.8. The lowest BCUT2D eigenvalue weighted by Crippen LogP contribution is -2.63. The second-order valence-corrected chi connectivity index (χ2v) is 18.8. The Bertz CT molecular complexity index is 1950. The Morgan fingerprint density at radius 3 is 1.77 bits per heavy atom. The summed E-state index contributed by atoms with van der Waals surface area (Å²) in [7, 11) is 4.38. The maximum Gasteiger partial charge on any atom is 0.407 e. The van der Waals surface area contributed by atoms with E-state index >= 15 is 0 Å². The number of benzene rings is 2. The van der Waals surface area contributed by atoms with Gasteiger partial charge >= 0.3 is 18.2 Å². The van der Waals surface area contributed by atoms with Crippen molar-refractivity contribution in [2.24, 2.45) is 10.8 Å². The molecule has 396 valence electrons. The van der Waals surface area contributed by atoms with E-state index in [9.17, 15) is 19.2 Å². The highest BCUT2D eigenvalue weighted by Gasteiger charge is 2.39. The first-order valence-corrected chi connectivity index (χ1v) is 24.1. The van der Waals surface area contributed by atoms with Gasteiger partial charge in [-0.3, -0.25) is 25.3 Å². The number of hydrogen-bond acceptors (Lipinski definition) is 16. The van der Waals surface area contributed by atoms with E-state index < -0.39 is 65.4 Å². The number of pyridine rings is 1. The molecule has 1 heterocycles. The molecule has 19 heteroatoms. The third kappa shape index (κ3) is 23.7. The number of nitrogens with one attached hydrogen (secondary N) is 4. The lowest BCUT2D eigenvalue weighted by atomic mass is 9.85. The van der Waals surface area contributed by atoms with E-state index in [2.05, 4.69) is 26.4 Å². The van der Waals surface area contributed by atoms with Gasteiger partial charge in [-0.15, -0.1) is 0 Å². The normalized spacial score (nSPS) is 13.9. The fourth-order valence-corrected chi connectivity index (χ4v) is 7.16. The molecule has 3 aromatic rings. The Labute approximate surface area is 420 Å². The predicted octanol–water partition coefficient (Wildman–Crippen LogP) is 5.70.